The van der Waals surface area contributed by atoms with Gasteiger partial charge >= 0.3 is 6.09 Å². The molecule has 1 aliphatic heterocycles. The van der Waals surface area contributed by atoms with E-state index in [0.29, 0.717) is 32.1 Å². The van der Waals surface area contributed by atoms with Crippen LogP contribution in [0, 0.1) is 17.5 Å². The number of halogens is 3. The molecule has 1 aromatic heterocycles. The lowest BCUT2D eigenvalue weighted by molar-refractivity contribution is -0.125. The van der Waals surface area contributed by atoms with Crippen molar-refractivity contribution in [2.75, 3.05) is 13.2 Å². The number of amides is 2. The van der Waals surface area contributed by atoms with Crippen LogP contribution in [-0.2, 0) is 39.7 Å². The van der Waals surface area contributed by atoms with Crippen molar-refractivity contribution in [3.8, 4) is 0 Å². The van der Waals surface area contributed by atoms with Gasteiger partial charge in [-0.1, -0.05) is 6.08 Å². The van der Waals surface area contributed by atoms with E-state index in [9.17, 15) is 22.8 Å². The van der Waals surface area contributed by atoms with Crippen LogP contribution in [0.3, 0.4) is 0 Å². The van der Waals surface area contributed by atoms with Crippen molar-refractivity contribution in [3.05, 3.63) is 58.4 Å². The van der Waals surface area contributed by atoms with Crippen LogP contribution < -0.4 is 10.6 Å². The first-order valence-corrected chi connectivity index (χ1v) is 13.1. The number of hydrogen-bond acceptors (Lipinski definition) is 5. The molecule has 2 N–H and O–H groups in total. The van der Waals surface area contributed by atoms with Crippen molar-refractivity contribution in [2.45, 2.75) is 76.5 Å². The molecule has 212 valence electrons. The number of alkyl carbamates (subject to hydrolysis) is 1. The highest BCUT2D eigenvalue weighted by Gasteiger charge is 2.41. The van der Waals surface area contributed by atoms with Crippen molar-refractivity contribution < 1.29 is 32.2 Å². The molecule has 0 radical (unpaired) electrons. The van der Waals surface area contributed by atoms with Gasteiger partial charge in [0.25, 0.3) is 0 Å². The average Bonchev–Trinajstić information content (AvgIpc) is 3.19. The van der Waals surface area contributed by atoms with E-state index in [1.54, 1.807) is 20.8 Å². The summed E-state index contributed by atoms with van der Waals surface area (Å²) in [4.78, 5) is 30.9. The van der Waals surface area contributed by atoms with E-state index in [1.807, 2.05) is 17.7 Å². The van der Waals surface area contributed by atoms with Gasteiger partial charge in [-0.2, -0.15) is 0 Å². The molecule has 1 fully saturated rings. The maximum Gasteiger partial charge on any atom is 0.407 e. The van der Waals surface area contributed by atoms with Gasteiger partial charge in [0.15, 0.2) is 11.6 Å². The fraction of sp³-hybridized carbons (Fsp3) is 0.536. The standard InChI is InChI=1S/C28H35F3N4O4/c1-27(2,3)39-26(37)32-18(13-17-14-20(30)21(31)16-19(17)29)15-24(36)34-28(9-11-38-12-10-28)25-33-22-7-5-6-8-23(22)35(25)4/h6,8,14,16,18H,5,7,9-13,15H2,1-4H3,(H,32,37)(H,34,36)/t18-/m1/s1. The summed E-state index contributed by atoms with van der Waals surface area (Å²) >= 11 is 0. The van der Waals surface area contributed by atoms with E-state index in [4.69, 9.17) is 14.5 Å². The van der Waals surface area contributed by atoms with Gasteiger partial charge in [-0.05, 0) is 57.7 Å². The molecular formula is C28H35F3N4O4. The van der Waals surface area contributed by atoms with Crippen molar-refractivity contribution in [1.29, 1.82) is 0 Å². The Kier molecular flexibility index (Phi) is 8.39. The van der Waals surface area contributed by atoms with Gasteiger partial charge in [0, 0.05) is 51.6 Å². The highest BCUT2D eigenvalue weighted by Crippen LogP contribution is 2.34. The first kappa shape index (κ1) is 28.7. The first-order chi connectivity index (χ1) is 18.4. The molecule has 0 saturated carbocycles. The molecule has 1 aliphatic carbocycles. The Balaban J connectivity index is 1.58. The second-order valence-electron chi connectivity index (χ2n) is 11.1. The zero-order valence-electron chi connectivity index (χ0n) is 22.7. The zero-order valence-corrected chi connectivity index (χ0v) is 22.7. The lowest BCUT2D eigenvalue weighted by Gasteiger charge is -2.38. The molecule has 39 heavy (non-hydrogen) atoms. The number of aryl methyl sites for hydroxylation is 1. The number of benzene rings is 1. The van der Waals surface area contributed by atoms with Crippen LogP contribution in [0.25, 0.3) is 6.08 Å². The molecule has 0 bridgehead atoms. The lowest BCUT2D eigenvalue weighted by Crippen LogP contribution is -2.52. The number of aromatic nitrogens is 2. The van der Waals surface area contributed by atoms with Crippen molar-refractivity contribution in [2.24, 2.45) is 7.05 Å². The highest BCUT2D eigenvalue weighted by molar-refractivity contribution is 5.79. The van der Waals surface area contributed by atoms with Crippen LogP contribution in [0.2, 0.25) is 0 Å². The topological polar surface area (TPSA) is 94.5 Å². The van der Waals surface area contributed by atoms with Crippen molar-refractivity contribution in [1.82, 2.24) is 20.2 Å². The maximum atomic E-state index is 14.5. The molecular weight excluding hydrogens is 513 g/mol. The summed E-state index contributed by atoms with van der Waals surface area (Å²) in [5, 5.41) is 5.72. The van der Waals surface area contributed by atoms with E-state index in [2.05, 4.69) is 16.7 Å². The van der Waals surface area contributed by atoms with Gasteiger partial charge in [-0.25, -0.2) is 22.9 Å². The number of nitrogens with one attached hydrogen (secondary N) is 2. The molecule has 0 spiro atoms. The molecule has 11 heteroatoms. The van der Waals surface area contributed by atoms with Crippen LogP contribution in [0.4, 0.5) is 18.0 Å². The van der Waals surface area contributed by atoms with E-state index < -0.39 is 46.6 Å². The predicted molar refractivity (Wildman–Crippen MR) is 138 cm³/mol. The molecule has 1 saturated heterocycles. The molecule has 2 aliphatic rings. The summed E-state index contributed by atoms with van der Waals surface area (Å²) in [5.41, 5.74) is 0.163. The van der Waals surface area contributed by atoms with E-state index in [-0.39, 0.29) is 18.4 Å². The van der Waals surface area contributed by atoms with Gasteiger partial charge in [0.2, 0.25) is 5.91 Å². The smallest absolute Gasteiger partial charge is 0.407 e. The number of imidazole rings is 1. The lowest BCUT2D eigenvalue weighted by atomic mass is 9.88. The molecule has 2 heterocycles. The number of allylic oxidation sites excluding steroid dienone is 1. The van der Waals surface area contributed by atoms with Crippen LogP contribution in [0.5, 0.6) is 0 Å². The Morgan fingerprint density at radius 1 is 1.15 bits per heavy atom. The van der Waals surface area contributed by atoms with Crippen LogP contribution in [0.1, 0.15) is 69.2 Å². The van der Waals surface area contributed by atoms with Gasteiger partial charge in [0.1, 0.15) is 22.8 Å². The molecule has 1 atom stereocenters. The monoisotopic (exact) mass is 548 g/mol. The first-order valence-electron chi connectivity index (χ1n) is 13.1. The molecule has 1 aromatic carbocycles. The Morgan fingerprint density at radius 3 is 2.51 bits per heavy atom. The van der Waals surface area contributed by atoms with Crippen LogP contribution in [0.15, 0.2) is 18.2 Å². The minimum absolute atomic E-state index is 0.174. The molecule has 4 rings (SSSR count). The molecule has 2 amide bonds. The second-order valence-corrected chi connectivity index (χ2v) is 11.1. The molecule has 2 aromatic rings. The third kappa shape index (κ3) is 6.81. The number of fused-ring (bicyclic) bond motifs is 1. The summed E-state index contributed by atoms with van der Waals surface area (Å²) in [5.74, 6) is -3.21. The Labute approximate surface area is 226 Å². The van der Waals surface area contributed by atoms with Gasteiger partial charge < -0.3 is 24.7 Å². The maximum absolute atomic E-state index is 14.5. The van der Waals surface area contributed by atoms with Crippen LogP contribution >= 0.6 is 0 Å². The van der Waals surface area contributed by atoms with E-state index in [1.165, 1.54) is 0 Å². The normalized spacial score (nSPS) is 17.3. The van der Waals surface area contributed by atoms with E-state index >= 15 is 0 Å². The summed E-state index contributed by atoms with van der Waals surface area (Å²) in [6, 6.07) is 0.218. The van der Waals surface area contributed by atoms with Gasteiger partial charge in [-0.3, -0.25) is 4.79 Å². The Hall–Kier alpha value is -3.34. The quantitative estimate of drug-likeness (QED) is 0.499. The fourth-order valence-corrected chi connectivity index (χ4v) is 5.10. The Bertz CT molecular complexity index is 1260. The largest absolute Gasteiger partial charge is 0.444 e. The summed E-state index contributed by atoms with van der Waals surface area (Å²) in [6.45, 7) is 5.89. The summed E-state index contributed by atoms with van der Waals surface area (Å²) < 4.78 is 54.7. The highest BCUT2D eigenvalue weighted by atomic mass is 19.2. The second kappa shape index (κ2) is 11.4. The number of carbonyl (C=O) groups is 2. The fourth-order valence-electron chi connectivity index (χ4n) is 5.10. The van der Waals surface area contributed by atoms with E-state index in [0.717, 1.165) is 36.1 Å². The third-order valence-electron chi connectivity index (χ3n) is 6.90. The number of nitrogens with zero attached hydrogens (tertiary/aromatic N) is 2. The zero-order chi connectivity index (χ0) is 28.4. The van der Waals surface area contributed by atoms with Gasteiger partial charge in [-0.15, -0.1) is 0 Å². The Morgan fingerprint density at radius 2 is 1.85 bits per heavy atom. The predicted octanol–water partition coefficient (Wildman–Crippen LogP) is 4.44. The number of hydrogen-bond donors (Lipinski definition) is 2. The molecule has 8 nitrogen and oxygen atoms in total. The minimum Gasteiger partial charge on any atom is -0.444 e. The van der Waals surface area contributed by atoms with Crippen molar-refractivity contribution >= 4 is 18.1 Å². The molecule has 0 unspecified atom stereocenters. The number of rotatable bonds is 7. The summed E-state index contributed by atoms with van der Waals surface area (Å²) in [6.07, 6.45) is 5.48. The minimum atomic E-state index is -1.32. The van der Waals surface area contributed by atoms with Crippen LogP contribution in [-0.4, -0.2) is 46.4 Å². The number of ether oxygens (including phenoxy) is 2. The van der Waals surface area contributed by atoms with Gasteiger partial charge in [0.05, 0.1) is 11.4 Å². The summed E-state index contributed by atoms with van der Waals surface area (Å²) in [7, 11) is 1.92. The third-order valence-corrected chi connectivity index (χ3v) is 6.90. The average molecular weight is 549 g/mol. The van der Waals surface area contributed by atoms with Crippen molar-refractivity contribution in [3.63, 3.8) is 0 Å². The number of carbonyl (C=O) groups excluding carboxylic acids is 2. The SMILES string of the molecule is Cn1c(C2(NC(=O)C[C@@H](Cc3cc(F)c(F)cc3F)NC(=O)OC(C)(C)C)CCOCC2)nc2c1C=CCC2.